The van der Waals surface area contributed by atoms with Gasteiger partial charge in [0.2, 0.25) is 0 Å². The predicted octanol–water partition coefficient (Wildman–Crippen LogP) is 3.66. The summed E-state index contributed by atoms with van der Waals surface area (Å²) in [4.78, 5) is 35.1. The monoisotopic (exact) mass is 405 g/mol. The number of hydrogen-bond donors (Lipinski definition) is 1. The van der Waals surface area contributed by atoms with Crippen LogP contribution >= 0.6 is 23.4 Å². The van der Waals surface area contributed by atoms with Gasteiger partial charge in [0.1, 0.15) is 5.56 Å². The molecule has 2 aromatic rings. The number of carbonyl (C=O) groups is 2. The average Bonchev–Trinajstić information content (AvgIpc) is 2.65. The number of para-hydroxylation sites is 1. The fourth-order valence-electron chi connectivity index (χ4n) is 2.03. The number of thioether (sulfide) groups is 1. The highest BCUT2D eigenvalue weighted by atomic mass is 35.5. The molecule has 1 amide bonds. The number of amides is 1. The quantitative estimate of drug-likeness (QED) is 0.322. The van der Waals surface area contributed by atoms with Crippen LogP contribution in [-0.4, -0.2) is 29.2 Å². The van der Waals surface area contributed by atoms with Gasteiger partial charge in [0.25, 0.3) is 11.6 Å². The van der Waals surface area contributed by atoms with Gasteiger partial charge in [0.15, 0.2) is 6.61 Å². The molecule has 0 aromatic heterocycles. The van der Waals surface area contributed by atoms with Crippen LogP contribution in [0.5, 0.6) is 0 Å². The van der Waals surface area contributed by atoms with E-state index < -0.39 is 29.1 Å². The van der Waals surface area contributed by atoms with Gasteiger partial charge in [0.05, 0.1) is 22.4 Å². The Morgan fingerprint density at radius 3 is 2.74 bits per heavy atom. The lowest BCUT2D eigenvalue weighted by Gasteiger charge is -2.10. The molecular weight excluding hydrogens is 394 g/mol. The second-order valence-electron chi connectivity index (χ2n) is 4.99. The number of nitriles is 1. The smallest absolute Gasteiger partial charge is 0.345 e. The summed E-state index contributed by atoms with van der Waals surface area (Å²) >= 11 is 7.00. The number of anilines is 1. The van der Waals surface area contributed by atoms with Gasteiger partial charge in [0, 0.05) is 16.0 Å². The van der Waals surface area contributed by atoms with Crippen molar-refractivity contribution >= 4 is 46.6 Å². The fourth-order valence-corrected chi connectivity index (χ4v) is 2.87. The zero-order chi connectivity index (χ0) is 19.8. The molecule has 0 aliphatic carbocycles. The van der Waals surface area contributed by atoms with Gasteiger partial charge < -0.3 is 10.1 Å². The SMILES string of the molecule is N#CCSc1ccccc1NC(=O)COC(=O)c1cc(Cl)ccc1[N+](=O)[O-]. The highest BCUT2D eigenvalue weighted by Gasteiger charge is 2.22. The molecule has 2 rings (SSSR count). The number of nitrogens with one attached hydrogen (secondary N) is 1. The lowest BCUT2D eigenvalue weighted by molar-refractivity contribution is -0.385. The minimum absolute atomic E-state index is 0.125. The summed E-state index contributed by atoms with van der Waals surface area (Å²) in [6.45, 7) is -0.639. The van der Waals surface area contributed by atoms with Crippen molar-refractivity contribution in [1.82, 2.24) is 0 Å². The summed E-state index contributed by atoms with van der Waals surface area (Å²) in [6.07, 6.45) is 0. The van der Waals surface area contributed by atoms with Crippen LogP contribution in [0.2, 0.25) is 5.02 Å². The van der Waals surface area contributed by atoms with E-state index in [-0.39, 0.29) is 16.3 Å². The lowest BCUT2D eigenvalue weighted by atomic mass is 10.2. The molecule has 138 valence electrons. The number of halogens is 1. The van der Waals surface area contributed by atoms with Crippen molar-refractivity contribution in [2.45, 2.75) is 4.90 Å². The first-order chi connectivity index (χ1) is 12.9. The minimum Gasteiger partial charge on any atom is -0.452 e. The summed E-state index contributed by atoms with van der Waals surface area (Å²) in [6, 6.07) is 12.3. The summed E-state index contributed by atoms with van der Waals surface area (Å²) in [7, 11) is 0. The number of nitrogens with zero attached hydrogens (tertiary/aromatic N) is 2. The van der Waals surface area contributed by atoms with Crippen LogP contribution in [0, 0.1) is 21.4 Å². The van der Waals surface area contributed by atoms with Crippen LogP contribution in [0.15, 0.2) is 47.4 Å². The largest absolute Gasteiger partial charge is 0.452 e. The number of esters is 1. The maximum Gasteiger partial charge on any atom is 0.345 e. The third-order valence-electron chi connectivity index (χ3n) is 3.16. The molecule has 8 nitrogen and oxygen atoms in total. The van der Waals surface area contributed by atoms with Crippen LogP contribution in [0.25, 0.3) is 0 Å². The van der Waals surface area contributed by atoms with Crippen LogP contribution in [0.1, 0.15) is 10.4 Å². The summed E-state index contributed by atoms with van der Waals surface area (Å²) < 4.78 is 4.86. The van der Waals surface area contributed by atoms with Gasteiger partial charge in [-0.3, -0.25) is 14.9 Å². The number of rotatable bonds is 7. The first kappa shape index (κ1) is 20.2. The molecular formula is C17H12ClN3O5S. The topological polar surface area (TPSA) is 122 Å². The Labute approximate surface area is 163 Å². The third-order valence-corrected chi connectivity index (χ3v) is 4.34. The summed E-state index contributed by atoms with van der Waals surface area (Å²) in [5, 5.41) is 22.3. The maximum atomic E-state index is 12.1. The van der Waals surface area contributed by atoms with Crippen molar-refractivity contribution in [3.63, 3.8) is 0 Å². The molecule has 0 saturated heterocycles. The molecule has 0 fully saturated rings. The van der Waals surface area contributed by atoms with Crippen molar-refractivity contribution in [3.8, 4) is 6.07 Å². The molecule has 0 aliphatic rings. The van der Waals surface area contributed by atoms with Gasteiger partial charge in [-0.2, -0.15) is 5.26 Å². The Hall–Kier alpha value is -3.09. The van der Waals surface area contributed by atoms with Crippen molar-refractivity contribution < 1.29 is 19.2 Å². The molecule has 0 unspecified atom stereocenters. The normalized spacial score (nSPS) is 9.93. The predicted molar refractivity (Wildman–Crippen MR) is 99.8 cm³/mol. The molecule has 0 spiro atoms. The van der Waals surface area contributed by atoms with Crippen molar-refractivity contribution in [1.29, 1.82) is 5.26 Å². The molecule has 0 saturated carbocycles. The van der Waals surface area contributed by atoms with E-state index >= 15 is 0 Å². The standard InChI is InChI=1S/C17H12ClN3O5S/c18-11-5-6-14(21(24)25)12(9-11)17(23)26-10-16(22)20-13-3-1-2-4-15(13)27-8-7-19/h1-6,9H,8,10H2,(H,20,22). The zero-order valence-corrected chi connectivity index (χ0v) is 15.2. The first-order valence-electron chi connectivity index (χ1n) is 7.42. The Kier molecular flexibility index (Phi) is 7.16. The van der Waals surface area contributed by atoms with Crippen LogP contribution < -0.4 is 5.32 Å². The fraction of sp³-hybridized carbons (Fsp3) is 0.118. The highest BCUT2D eigenvalue weighted by Crippen LogP contribution is 2.27. The van der Waals surface area contributed by atoms with E-state index in [4.69, 9.17) is 21.6 Å². The molecule has 27 heavy (non-hydrogen) atoms. The van der Waals surface area contributed by atoms with Crippen LogP contribution in [0.4, 0.5) is 11.4 Å². The van der Waals surface area contributed by atoms with Crippen molar-refractivity contribution in [2.24, 2.45) is 0 Å². The first-order valence-corrected chi connectivity index (χ1v) is 8.78. The number of hydrogen-bond acceptors (Lipinski definition) is 7. The van der Waals surface area contributed by atoms with Gasteiger partial charge in [-0.05, 0) is 24.3 Å². The molecule has 0 atom stereocenters. The number of nitro benzene ring substituents is 1. The molecule has 1 N–H and O–H groups in total. The zero-order valence-electron chi connectivity index (χ0n) is 13.7. The van der Waals surface area contributed by atoms with Gasteiger partial charge >= 0.3 is 5.97 Å². The Morgan fingerprint density at radius 1 is 1.30 bits per heavy atom. The van der Waals surface area contributed by atoms with Crippen LogP contribution in [0.3, 0.4) is 0 Å². The average molecular weight is 406 g/mol. The van der Waals surface area contributed by atoms with E-state index in [1.54, 1.807) is 24.3 Å². The molecule has 0 radical (unpaired) electrons. The van der Waals surface area contributed by atoms with Crippen molar-refractivity contribution in [3.05, 3.63) is 63.2 Å². The second-order valence-corrected chi connectivity index (χ2v) is 6.44. The third kappa shape index (κ3) is 5.70. The number of carbonyl (C=O) groups excluding carboxylic acids is 2. The number of nitro groups is 1. The van der Waals surface area contributed by atoms with E-state index in [1.165, 1.54) is 17.8 Å². The number of benzene rings is 2. The van der Waals surface area contributed by atoms with Gasteiger partial charge in [-0.15, -0.1) is 11.8 Å². The van der Waals surface area contributed by atoms with E-state index in [0.717, 1.165) is 12.1 Å². The van der Waals surface area contributed by atoms with E-state index in [1.807, 2.05) is 6.07 Å². The molecule has 0 bridgehead atoms. The Balaban J connectivity index is 2.03. The van der Waals surface area contributed by atoms with E-state index in [2.05, 4.69) is 5.32 Å². The van der Waals surface area contributed by atoms with E-state index in [0.29, 0.717) is 10.6 Å². The van der Waals surface area contributed by atoms with Gasteiger partial charge in [-0.1, -0.05) is 23.7 Å². The van der Waals surface area contributed by atoms with Crippen molar-refractivity contribution in [2.75, 3.05) is 17.7 Å². The summed E-state index contributed by atoms with van der Waals surface area (Å²) in [5.41, 5.74) is -0.346. The van der Waals surface area contributed by atoms with E-state index in [9.17, 15) is 19.7 Å². The lowest BCUT2D eigenvalue weighted by Crippen LogP contribution is -2.21. The second kappa shape index (κ2) is 9.56. The molecule has 2 aromatic carbocycles. The maximum absolute atomic E-state index is 12.1. The molecule has 10 heteroatoms. The Bertz CT molecular complexity index is 929. The minimum atomic E-state index is -1.04. The molecule has 0 heterocycles. The molecule has 0 aliphatic heterocycles. The highest BCUT2D eigenvalue weighted by molar-refractivity contribution is 7.99. The number of ether oxygens (including phenoxy) is 1. The van der Waals surface area contributed by atoms with Gasteiger partial charge in [-0.25, -0.2) is 4.79 Å². The van der Waals surface area contributed by atoms with Crippen LogP contribution in [-0.2, 0) is 9.53 Å². The summed E-state index contributed by atoms with van der Waals surface area (Å²) in [5.74, 6) is -1.45. The Morgan fingerprint density at radius 2 is 2.04 bits per heavy atom.